The number of benzene rings is 2. The molecule has 0 aromatic heterocycles. The number of methoxy groups -OCH3 is 1. The van der Waals surface area contributed by atoms with Crippen LogP contribution in [0.25, 0.3) is 10.8 Å². The Bertz CT molecular complexity index is 534. The van der Waals surface area contributed by atoms with Gasteiger partial charge in [-0.1, -0.05) is 18.2 Å². The Balaban J connectivity index is 2.51. The molecule has 0 atom stereocenters. The van der Waals surface area contributed by atoms with E-state index in [1.54, 1.807) is 7.11 Å². The maximum Gasteiger partial charge on any atom is 0.216 e. The molecule has 0 bridgehead atoms. The van der Waals surface area contributed by atoms with Crippen LogP contribution in [-0.4, -0.2) is 19.4 Å². The lowest BCUT2D eigenvalue weighted by Gasteiger charge is -2.03. The predicted molar refractivity (Wildman–Crippen MR) is 62.6 cm³/mol. The zero-order valence-electron chi connectivity index (χ0n) is 9.19. The molecule has 0 fully saturated rings. The molecule has 3 nitrogen and oxygen atoms in total. The lowest BCUT2D eigenvalue weighted by atomic mass is 10.0. The molecule has 0 saturated carbocycles. The zero-order chi connectivity index (χ0) is 11.5. The van der Waals surface area contributed by atoms with Gasteiger partial charge in [-0.25, -0.2) is 0 Å². The minimum Gasteiger partial charge on any atom is -0.497 e. The number of carbonyl (C=O) groups is 1. The van der Waals surface area contributed by atoms with Gasteiger partial charge in [-0.15, -0.1) is 0 Å². The number of Topliss-reactive ketones (excluding diaryl/α,β-unsaturated/α-hetero) is 1. The Hall–Kier alpha value is -1.87. The molecule has 16 heavy (non-hydrogen) atoms. The van der Waals surface area contributed by atoms with Crippen molar-refractivity contribution in [1.82, 2.24) is 0 Å². The van der Waals surface area contributed by atoms with E-state index in [9.17, 15) is 4.79 Å². The van der Waals surface area contributed by atoms with E-state index >= 15 is 0 Å². The number of hydrogen-bond acceptors (Lipinski definition) is 2. The van der Waals surface area contributed by atoms with E-state index in [2.05, 4.69) is 5.73 Å². The molecular formula is C13H14NO2+. The Labute approximate surface area is 93.8 Å². The van der Waals surface area contributed by atoms with Crippen LogP contribution in [-0.2, 0) is 0 Å². The second-order valence-electron chi connectivity index (χ2n) is 3.60. The number of ketones is 1. The molecule has 0 amide bonds. The highest BCUT2D eigenvalue weighted by molar-refractivity contribution is 6.00. The van der Waals surface area contributed by atoms with E-state index in [4.69, 9.17) is 4.74 Å². The lowest BCUT2D eigenvalue weighted by Crippen LogP contribution is -2.54. The largest absolute Gasteiger partial charge is 0.497 e. The van der Waals surface area contributed by atoms with Crippen molar-refractivity contribution in [2.24, 2.45) is 0 Å². The van der Waals surface area contributed by atoms with Crippen LogP contribution < -0.4 is 10.5 Å². The SMILES string of the molecule is COc1ccc2cc(C(=O)C[NH3+])ccc2c1. The number of fused-ring (bicyclic) bond motifs is 1. The molecule has 0 radical (unpaired) electrons. The van der Waals surface area contributed by atoms with Crippen molar-refractivity contribution in [3.63, 3.8) is 0 Å². The molecule has 0 heterocycles. The van der Waals surface area contributed by atoms with Crippen molar-refractivity contribution in [2.45, 2.75) is 0 Å². The summed E-state index contributed by atoms with van der Waals surface area (Å²) in [4.78, 5) is 11.5. The number of ether oxygens (including phenoxy) is 1. The van der Waals surface area contributed by atoms with Crippen LogP contribution in [0.2, 0.25) is 0 Å². The third-order valence-corrected chi connectivity index (χ3v) is 2.60. The third-order valence-electron chi connectivity index (χ3n) is 2.60. The number of carbonyl (C=O) groups excluding carboxylic acids is 1. The first kappa shape index (κ1) is 10.6. The average molecular weight is 216 g/mol. The zero-order valence-corrected chi connectivity index (χ0v) is 9.19. The maximum atomic E-state index is 11.5. The average Bonchev–Trinajstić information content (AvgIpc) is 2.36. The van der Waals surface area contributed by atoms with Gasteiger partial charge >= 0.3 is 0 Å². The summed E-state index contributed by atoms with van der Waals surface area (Å²) in [6.07, 6.45) is 0. The van der Waals surface area contributed by atoms with Gasteiger partial charge in [0.05, 0.1) is 7.11 Å². The Morgan fingerprint density at radius 1 is 1.19 bits per heavy atom. The molecule has 2 aromatic rings. The minimum absolute atomic E-state index is 0.0673. The van der Waals surface area contributed by atoms with Crippen molar-refractivity contribution < 1.29 is 15.3 Å². The van der Waals surface area contributed by atoms with Gasteiger partial charge in [0, 0.05) is 5.56 Å². The second kappa shape index (κ2) is 4.33. The van der Waals surface area contributed by atoms with Gasteiger partial charge in [0.15, 0.2) is 0 Å². The Morgan fingerprint density at radius 2 is 1.88 bits per heavy atom. The fraction of sp³-hybridized carbons (Fsp3) is 0.154. The molecule has 0 aliphatic carbocycles. The van der Waals surface area contributed by atoms with E-state index in [-0.39, 0.29) is 5.78 Å². The quantitative estimate of drug-likeness (QED) is 0.785. The molecule has 0 spiro atoms. The first-order valence-corrected chi connectivity index (χ1v) is 5.15. The van der Waals surface area contributed by atoms with Gasteiger partial charge < -0.3 is 10.5 Å². The molecule has 3 N–H and O–H groups in total. The van der Waals surface area contributed by atoms with Crippen LogP contribution in [0.15, 0.2) is 36.4 Å². The Kier molecular flexibility index (Phi) is 2.88. The van der Waals surface area contributed by atoms with E-state index in [0.717, 1.165) is 16.5 Å². The number of quaternary nitrogens is 1. The molecule has 0 aliphatic rings. The van der Waals surface area contributed by atoms with Gasteiger partial charge in [-0.2, -0.15) is 0 Å². The van der Waals surface area contributed by atoms with Crippen LogP contribution in [0.3, 0.4) is 0 Å². The van der Waals surface area contributed by atoms with Gasteiger partial charge in [0.1, 0.15) is 12.3 Å². The normalized spacial score (nSPS) is 10.4. The van der Waals surface area contributed by atoms with Gasteiger partial charge in [0.2, 0.25) is 5.78 Å². The standard InChI is InChI=1S/C13H13NO2/c1-16-12-5-4-9-6-11(13(15)8-14)3-2-10(9)7-12/h2-7H,8,14H2,1H3/p+1. The van der Waals surface area contributed by atoms with Crippen LogP contribution >= 0.6 is 0 Å². The van der Waals surface area contributed by atoms with Gasteiger partial charge in [0.25, 0.3) is 0 Å². The lowest BCUT2D eigenvalue weighted by molar-refractivity contribution is -0.349. The molecule has 2 rings (SSSR count). The van der Waals surface area contributed by atoms with Crippen molar-refractivity contribution in [3.8, 4) is 5.75 Å². The van der Waals surface area contributed by atoms with Crippen molar-refractivity contribution in [3.05, 3.63) is 42.0 Å². The van der Waals surface area contributed by atoms with Gasteiger partial charge in [-0.3, -0.25) is 4.79 Å². The van der Waals surface area contributed by atoms with E-state index in [0.29, 0.717) is 12.1 Å². The molecule has 0 saturated heterocycles. The third kappa shape index (κ3) is 1.90. The molecule has 82 valence electrons. The fourth-order valence-electron chi connectivity index (χ4n) is 1.67. The summed E-state index contributed by atoms with van der Waals surface area (Å²) in [7, 11) is 1.64. The van der Waals surface area contributed by atoms with Gasteiger partial charge in [-0.05, 0) is 29.0 Å². The molecule has 3 heteroatoms. The molecule has 2 aromatic carbocycles. The van der Waals surface area contributed by atoms with Crippen molar-refractivity contribution in [1.29, 1.82) is 0 Å². The molecule has 0 unspecified atom stereocenters. The highest BCUT2D eigenvalue weighted by atomic mass is 16.5. The summed E-state index contributed by atoms with van der Waals surface area (Å²) in [5.74, 6) is 0.890. The predicted octanol–water partition coefficient (Wildman–Crippen LogP) is 1.27. The van der Waals surface area contributed by atoms with Crippen molar-refractivity contribution >= 4 is 16.6 Å². The summed E-state index contributed by atoms with van der Waals surface area (Å²) in [6, 6.07) is 11.4. The Morgan fingerprint density at radius 3 is 2.56 bits per heavy atom. The van der Waals surface area contributed by atoms with E-state index in [1.807, 2.05) is 36.4 Å². The summed E-state index contributed by atoms with van der Waals surface area (Å²) >= 11 is 0. The smallest absolute Gasteiger partial charge is 0.216 e. The summed E-state index contributed by atoms with van der Waals surface area (Å²) in [5, 5.41) is 2.11. The second-order valence-corrected chi connectivity index (χ2v) is 3.60. The number of hydrogen-bond donors (Lipinski definition) is 1. The van der Waals surface area contributed by atoms with Crippen LogP contribution in [0.4, 0.5) is 0 Å². The molecule has 0 aliphatic heterocycles. The highest BCUT2D eigenvalue weighted by Gasteiger charge is 2.06. The summed E-state index contributed by atoms with van der Waals surface area (Å²) < 4.78 is 5.14. The van der Waals surface area contributed by atoms with E-state index in [1.165, 1.54) is 0 Å². The first-order chi connectivity index (χ1) is 7.74. The molecular weight excluding hydrogens is 202 g/mol. The van der Waals surface area contributed by atoms with E-state index < -0.39 is 0 Å². The monoisotopic (exact) mass is 216 g/mol. The van der Waals surface area contributed by atoms with Crippen LogP contribution in [0.1, 0.15) is 10.4 Å². The van der Waals surface area contributed by atoms with Crippen LogP contribution in [0.5, 0.6) is 5.75 Å². The topological polar surface area (TPSA) is 53.9 Å². The summed E-state index contributed by atoms with van der Waals surface area (Å²) in [5.41, 5.74) is 4.32. The fourth-order valence-corrected chi connectivity index (χ4v) is 1.67. The van der Waals surface area contributed by atoms with Crippen molar-refractivity contribution in [2.75, 3.05) is 13.7 Å². The summed E-state index contributed by atoms with van der Waals surface area (Å²) in [6.45, 7) is 0.293. The van der Waals surface area contributed by atoms with Crippen LogP contribution in [0, 0.1) is 0 Å². The highest BCUT2D eigenvalue weighted by Crippen LogP contribution is 2.21. The number of rotatable bonds is 3. The first-order valence-electron chi connectivity index (χ1n) is 5.15. The maximum absolute atomic E-state index is 11.5. The minimum atomic E-state index is 0.0673.